The monoisotopic (exact) mass is 277 g/mol. The number of carbonyl (C=O) groups excluding carboxylic acids is 2. The topological polar surface area (TPSA) is 55.2 Å². The van der Waals surface area contributed by atoms with Crippen LogP contribution in [0.2, 0.25) is 0 Å². The van der Waals surface area contributed by atoms with Crippen molar-refractivity contribution in [2.45, 2.75) is 39.2 Å². The molecule has 0 fully saturated rings. The highest BCUT2D eigenvalue weighted by molar-refractivity contribution is 5.88. The Labute approximate surface area is 120 Å². The van der Waals surface area contributed by atoms with Crippen molar-refractivity contribution >= 4 is 11.7 Å². The van der Waals surface area contributed by atoms with Crippen molar-refractivity contribution in [2.24, 2.45) is 0 Å². The van der Waals surface area contributed by atoms with Crippen molar-refractivity contribution in [3.63, 3.8) is 0 Å². The molecule has 1 heterocycles. The van der Waals surface area contributed by atoms with E-state index in [4.69, 9.17) is 0 Å². The van der Waals surface area contributed by atoms with Gasteiger partial charge in [0, 0.05) is 44.9 Å². The number of hydrogen-bond donors (Lipinski definition) is 0. The predicted octanol–water partition coefficient (Wildman–Crippen LogP) is 2.05. The molecular formula is C15H23N3O2. The largest absolute Gasteiger partial charge is 0.343 e. The summed E-state index contributed by atoms with van der Waals surface area (Å²) in [6, 6.07) is 0. The summed E-state index contributed by atoms with van der Waals surface area (Å²) in [6.07, 6.45) is 9.28. The molecule has 0 saturated heterocycles. The van der Waals surface area contributed by atoms with E-state index in [1.54, 1.807) is 12.5 Å². The number of ketones is 1. The maximum atomic E-state index is 12.1. The van der Waals surface area contributed by atoms with E-state index >= 15 is 0 Å². The Morgan fingerprint density at radius 2 is 2.15 bits per heavy atom. The van der Waals surface area contributed by atoms with Crippen LogP contribution in [-0.4, -0.2) is 39.2 Å². The molecule has 0 aliphatic rings. The van der Waals surface area contributed by atoms with Crippen LogP contribution in [0.15, 0.2) is 31.4 Å². The summed E-state index contributed by atoms with van der Waals surface area (Å²) in [5, 5.41) is 0. The van der Waals surface area contributed by atoms with E-state index in [0.717, 1.165) is 12.8 Å². The van der Waals surface area contributed by atoms with Crippen molar-refractivity contribution in [1.29, 1.82) is 0 Å². The second kappa shape index (κ2) is 9.07. The average molecular weight is 277 g/mol. The number of aromatic nitrogens is 2. The predicted molar refractivity (Wildman–Crippen MR) is 78.2 cm³/mol. The molecule has 0 aromatic carbocycles. The zero-order valence-electron chi connectivity index (χ0n) is 12.1. The van der Waals surface area contributed by atoms with E-state index in [1.807, 2.05) is 22.6 Å². The molecule has 20 heavy (non-hydrogen) atoms. The smallest absolute Gasteiger partial charge is 0.224 e. The first kappa shape index (κ1) is 16.1. The van der Waals surface area contributed by atoms with Crippen LogP contribution in [0.4, 0.5) is 0 Å². The fraction of sp³-hybridized carbons (Fsp3) is 0.533. The highest BCUT2D eigenvalue weighted by Gasteiger charge is 2.11. The van der Waals surface area contributed by atoms with Gasteiger partial charge in [-0.15, -0.1) is 0 Å². The highest BCUT2D eigenvalue weighted by atomic mass is 16.2. The van der Waals surface area contributed by atoms with Gasteiger partial charge in [-0.2, -0.15) is 0 Å². The zero-order chi connectivity index (χ0) is 14.8. The molecule has 5 nitrogen and oxygen atoms in total. The van der Waals surface area contributed by atoms with Gasteiger partial charge in [0.2, 0.25) is 5.91 Å². The van der Waals surface area contributed by atoms with Gasteiger partial charge in [-0.05, 0) is 25.8 Å². The SMILES string of the molecule is C=CC(=O)CCCCN(CC)C(=O)CCn1ccnc1. The minimum Gasteiger partial charge on any atom is -0.343 e. The summed E-state index contributed by atoms with van der Waals surface area (Å²) in [5.74, 6) is 0.218. The molecule has 0 bridgehead atoms. The van der Waals surface area contributed by atoms with Gasteiger partial charge >= 0.3 is 0 Å². The van der Waals surface area contributed by atoms with E-state index in [9.17, 15) is 9.59 Å². The zero-order valence-corrected chi connectivity index (χ0v) is 12.1. The van der Waals surface area contributed by atoms with E-state index in [1.165, 1.54) is 6.08 Å². The minimum atomic E-state index is 0.0690. The van der Waals surface area contributed by atoms with Gasteiger partial charge in [0.25, 0.3) is 0 Å². The first-order valence-corrected chi connectivity index (χ1v) is 7.06. The lowest BCUT2D eigenvalue weighted by Crippen LogP contribution is -2.32. The molecule has 0 saturated carbocycles. The number of allylic oxidation sites excluding steroid dienone is 1. The van der Waals surface area contributed by atoms with Crippen molar-refractivity contribution in [2.75, 3.05) is 13.1 Å². The molecule has 1 rings (SSSR count). The molecule has 5 heteroatoms. The number of rotatable bonds is 10. The number of unbranched alkanes of at least 4 members (excludes halogenated alkanes) is 1. The Kier molecular flexibility index (Phi) is 7.32. The summed E-state index contributed by atoms with van der Waals surface area (Å²) in [4.78, 5) is 28.9. The third-order valence-corrected chi connectivity index (χ3v) is 3.21. The number of nitrogens with zero attached hydrogens (tertiary/aromatic N) is 3. The first-order chi connectivity index (χ1) is 9.67. The summed E-state index contributed by atoms with van der Waals surface area (Å²) in [5.41, 5.74) is 0. The van der Waals surface area contributed by atoms with Crippen LogP contribution in [-0.2, 0) is 16.1 Å². The van der Waals surface area contributed by atoms with Crippen molar-refractivity contribution < 1.29 is 9.59 Å². The number of imidazole rings is 1. The molecule has 0 unspecified atom stereocenters. The van der Waals surface area contributed by atoms with Gasteiger partial charge in [-0.3, -0.25) is 9.59 Å². The van der Waals surface area contributed by atoms with Gasteiger partial charge in [0.05, 0.1) is 6.33 Å². The quantitative estimate of drug-likeness (QED) is 0.486. The van der Waals surface area contributed by atoms with Gasteiger partial charge in [0.1, 0.15) is 0 Å². The third kappa shape index (κ3) is 5.82. The van der Waals surface area contributed by atoms with Crippen LogP contribution in [0.25, 0.3) is 0 Å². The van der Waals surface area contributed by atoms with Crippen molar-refractivity contribution in [3.05, 3.63) is 31.4 Å². The van der Waals surface area contributed by atoms with Gasteiger partial charge < -0.3 is 9.47 Å². The lowest BCUT2D eigenvalue weighted by Gasteiger charge is -2.20. The first-order valence-electron chi connectivity index (χ1n) is 7.06. The Balaban J connectivity index is 2.24. The molecule has 1 aromatic heterocycles. The number of amides is 1. The van der Waals surface area contributed by atoms with Gasteiger partial charge in [0.15, 0.2) is 5.78 Å². The lowest BCUT2D eigenvalue weighted by molar-refractivity contribution is -0.131. The standard InChI is InChI=1S/C15H23N3O2/c1-3-14(19)7-5-6-10-18(4-2)15(20)8-11-17-12-9-16-13-17/h3,9,12-13H,1,4-8,10-11H2,2H3. The van der Waals surface area contributed by atoms with Crippen LogP contribution in [0.1, 0.15) is 32.6 Å². The summed E-state index contributed by atoms with van der Waals surface area (Å²) < 4.78 is 1.90. The summed E-state index contributed by atoms with van der Waals surface area (Å²) in [6.45, 7) is 7.50. The maximum Gasteiger partial charge on any atom is 0.224 e. The normalized spacial score (nSPS) is 10.2. The van der Waals surface area contributed by atoms with Crippen molar-refractivity contribution in [1.82, 2.24) is 14.5 Å². The fourth-order valence-electron chi connectivity index (χ4n) is 1.96. The highest BCUT2D eigenvalue weighted by Crippen LogP contribution is 2.03. The van der Waals surface area contributed by atoms with Gasteiger partial charge in [-0.1, -0.05) is 6.58 Å². The fourth-order valence-corrected chi connectivity index (χ4v) is 1.96. The second-order valence-corrected chi connectivity index (χ2v) is 4.65. The Morgan fingerprint density at radius 3 is 2.75 bits per heavy atom. The number of aryl methyl sites for hydroxylation is 1. The molecular weight excluding hydrogens is 254 g/mol. The van der Waals surface area contributed by atoms with Gasteiger partial charge in [-0.25, -0.2) is 4.98 Å². The molecule has 1 amide bonds. The molecule has 0 aliphatic heterocycles. The molecule has 0 aliphatic carbocycles. The second-order valence-electron chi connectivity index (χ2n) is 4.65. The van der Waals surface area contributed by atoms with Crippen LogP contribution in [0.5, 0.6) is 0 Å². The molecule has 110 valence electrons. The minimum absolute atomic E-state index is 0.0690. The summed E-state index contributed by atoms with van der Waals surface area (Å²) >= 11 is 0. The molecule has 0 N–H and O–H groups in total. The Bertz CT molecular complexity index is 426. The maximum absolute atomic E-state index is 12.1. The van der Waals surface area contributed by atoms with Crippen LogP contribution in [0.3, 0.4) is 0 Å². The molecule has 0 spiro atoms. The third-order valence-electron chi connectivity index (χ3n) is 3.21. The Morgan fingerprint density at radius 1 is 1.35 bits per heavy atom. The number of hydrogen-bond acceptors (Lipinski definition) is 3. The van der Waals surface area contributed by atoms with E-state index in [0.29, 0.717) is 32.5 Å². The molecule has 0 radical (unpaired) electrons. The van der Waals surface area contributed by atoms with Crippen LogP contribution < -0.4 is 0 Å². The molecule has 0 atom stereocenters. The average Bonchev–Trinajstić information content (AvgIpc) is 2.97. The van der Waals surface area contributed by atoms with Crippen LogP contribution >= 0.6 is 0 Å². The van der Waals surface area contributed by atoms with E-state index in [2.05, 4.69) is 11.6 Å². The van der Waals surface area contributed by atoms with Crippen LogP contribution in [0, 0.1) is 0 Å². The Hall–Kier alpha value is -1.91. The summed E-state index contributed by atoms with van der Waals surface area (Å²) in [7, 11) is 0. The van der Waals surface area contributed by atoms with Crippen molar-refractivity contribution in [3.8, 4) is 0 Å². The van der Waals surface area contributed by atoms with E-state index < -0.39 is 0 Å². The number of carbonyl (C=O) groups is 2. The lowest BCUT2D eigenvalue weighted by atomic mass is 10.1. The van der Waals surface area contributed by atoms with E-state index in [-0.39, 0.29) is 11.7 Å². The molecule has 1 aromatic rings.